The predicted molar refractivity (Wildman–Crippen MR) is 57.9 cm³/mol. The highest BCUT2D eigenvalue weighted by molar-refractivity contribution is 7.87. The van der Waals surface area contributed by atoms with Crippen molar-refractivity contribution in [1.29, 1.82) is 0 Å². The second-order valence-corrected chi connectivity index (χ2v) is 5.96. The van der Waals surface area contributed by atoms with Crippen LogP contribution in [0.15, 0.2) is 24.3 Å². The topological polar surface area (TPSA) is 29.1 Å². The summed E-state index contributed by atoms with van der Waals surface area (Å²) in [6, 6.07) is 5.81. The molecule has 0 unspecified atom stereocenters. The molecule has 0 aliphatic carbocycles. The molecule has 0 radical (unpaired) electrons. The van der Waals surface area contributed by atoms with E-state index in [9.17, 15) is 8.60 Å². The number of hydrogen-bond acceptors (Lipinski definition) is 1. The molecule has 0 saturated heterocycles. The first kappa shape index (κ1) is 11.2. The highest BCUT2D eigenvalue weighted by atomic mass is 32.2. The van der Waals surface area contributed by atoms with Gasteiger partial charge < -0.3 is 4.72 Å². The molecule has 4 heteroatoms. The first-order valence-electron chi connectivity index (χ1n) is 4.34. The van der Waals surface area contributed by atoms with Gasteiger partial charge in [-0.05, 0) is 45.0 Å². The van der Waals surface area contributed by atoms with Crippen LogP contribution in [0.3, 0.4) is 0 Å². The summed E-state index contributed by atoms with van der Waals surface area (Å²) < 4.78 is 26.7. The van der Waals surface area contributed by atoms with Crippen molar-refractivity contribution in [3.8, 4) is 0 Å². The summed E-state index contributed by atoms with van der Waals surface area (Å²) in [7, 11) is -1.17. The van der Waals surface area contributed by atoms with E-state index in [2.05, 4.69) is 4.72 Å². The number of nitrogens with one attached hydrogen (secondary N) is 1. The molecular weight excluding hydrogens is 201 g/mol. The molecule has 0 spiro atoms. The minimum absolute atomic E-state index is 0.294. The zero-order chi connectivity index (χ0) is 10.8. The van der Waals surface area contributed by atoms with E-state index in [0.717, 1.165) is 0 Å². The smallest absolute Gasteiger partial charge is 0.123 e. The Hall–Kier alpha value is -0.900. The third-order valence-electron chi connectivity index (χ3n) is 1.61. The molecule has 0 saturated carbocycles. The maximum absolute atomic E-state index is 12.6. The Morgan fingerprint density at radius 1 is 1.21 bits per heavy atom. The molecule has 0 amide bonds. The minimum atomic E-state index is -1.17. The number of benzene rings is 1. The summed E-state index contributed by atoms with van der Waals surface area (Å²) in [4.78, 5) is 0. The van der Waals surface area contributed by atoms with Crippen molar-refractivity contribution in [3.63, 3.8) is 0 Å². The van der Waals surface area contributed by atoms with Gasteiger partial charge in [0.1, 0.15) is 16.8 Å². The molecule has 0 aromatic heterocycles. The molecule has 2 nitrogen and oxygen atoms in total. The number of hydrogen-bond donors (Lipinski definition) is 1. The minimum Gasteiger partial charge on any atom is -0.305 e. The van der Waals surface area contributed by atoms with Crippen LogP contribution in [-0.2, 0) is 11.0 Å². The van der Waals surface area contributed by atoms with Gasteiger partial charge in [0.2, 0.25) is 0 Å². The lowest BCUT2D eigenvalue weighted by Gasteiger charge is -2.18. The van der Waals surface area contributed by atoms with Crippen molar-refractivity contribution in [2.45, 2.75) is 25.5 Å². The van der Waals surface area contributed by atoms with Crippen molar-refractivity contribution >= 4 is 16.7 Å². The molecule has 0 heterocycles. The molecule has 1 atom stereocenters. The molecule has 0 bridgehead atoms. The average Bonchev–Trinajstić information content (AvgIpc) is 2.07. The van der Waals surface area contributed by atoms with Gasteiger partial charge in [0.25, 0.3) is 0 Å². The lowest BCUT2D eigenvalue weighted by atomic mass is 10.3. The molecule has 1 aromatic carbocycles. The van der Waals surface area contributed by atoms with E-state index in [1.165, 1.54) is 12.1 Å². The number of anilines is 1. The molecule has 0 aliphatic heterocycles. The van der Waals surface area contributed by atoms with E-state index in [0.29, 0.717) is 5.69 Å². The van der Waals surface area contributed by atoms with Crippen LogP contribution >= 0.6 is 0 Å². The van der Waals surface area contributed by atoms with Crippen LogP contribution in [0, 0.1) is 5.82 Å². The Bertz CT molecular complexity index is 329. The monoisotopic (exact) mass is 215 g/mol. The van der Waals surface area contributed by atoms with Crippen LogP contribution in [-0.4, -0.2) is 8.96 Å². The fraction of sp³-hybridized carbons (Fsp3) is 0.400. The quantitative estimate of drug-likeness (QED) is 0.807. The number of rotatable bonds is 2. The summed E-state index contributed by atoms with van der Waals surface area (Å²) in [5, 5.41) is 0. The van der Waals surface area contributed by atoms with Crippen molar-refractivity contribution in [2.24, 2.45) is 0 Å². The maximum Gasteiger partial charge on any atom is 0.123 e. The van der Waals surface area contributed by atoms with Crippen LogP contribution in [0.5, 0.6) is 0 Å². The van der Waals surface area contributed by atoms with Crippen LogP contribution in [0.1, 0.15) is 20.8 Å². The SMILES string of the molecule is CC(C)(C)[S@@](=O)Nc1ccc(F)cc1. The third kappa shape index (κ3) is 3.10. The summed E-state index contributed by atoms with van der Waals surface area (Å²) in [5.41, 5.74) is 0.666. The zero-order valence-corrected chi connectivity index (χ0v) is 9.32. The Kier molecular flexibility index (Phi) is 3.26. The largest absolute Gasteiger partial charge is 0.305 e. The standard InChI is InChI=1S/C10H14FNOS/c1-10(2,3)14(13)12-9-6-4-8(11)5-7-9/h4-7,12H,1-3H3/t14-/m1/s1. The lowest BCUT2D eigenvalue weighted by Crippen LogP contribution is -2.27. The summed E-state index contributed by atoms with van der Waals surface area (Å²) in [5.74, 6) is -0.294. The van der Waals surface area contributed by atoms with Gasteiger partial charge in [-0.3, -0.25) is 0 Å². The average molecular weight is 215 g/mol. The van der Waals surface area contributed by atoms with Crippen LogP contribution in [0.4, 0.5) is 10.1 Å². The van der Waals surface area contributed by atoms with E-state index >= 15 is 0 Å². The first-order chi connectivity index (χ1) is 6.39. The third-order valence-corrected chi connectivity index (χ3v) is 3.14. The lowest BCUT2D eigenvalue weighted by molar-refractivity contribution is 0.628. The van der Waals surface area contributed by atoms with E-state index in [1.807, 2.05) is 20.8 Å². The van der Waals surface area contributed by atoms with Crippen molar-refractivity contribution in [3.05, 3.63) is 30.1 Å². The Balaban J connectivity index is 2.71. The van der Waals surface area contributed by atoms with Crippen LogP contribution < -0.4 is 4.72 Å². The molecule has 14 heavy (non-hydrogen) atoms. The highest BCUT2D eigenvalue weighted by Crippen LogP contribution is 2.15. The van der Waals surface area contributed by atoms with Gasteiger partial charge in [-0.25, -0.2) is 8.60 Å². The fourth-order valence-corrected chi connectivity index (χ4v) is 1.43. The van der Waals surface area contributed by atoms with Gasteiger partial charge in [-0.1, -0.05) is 0 Å². The summed E-state index contributed by atoms with van der Waals surface area (Å²) >= 11 is 0. The molecule has 0 aliphatic rings. The normalized spacial score (nSPS) is 13.7. The van der Waals surface area contributed by atoms with Gasteiger partial charge in [0.05, 0.1) is 4.75 Å². The Labute approximate surface area is 86.1 Å². The molecule has 78 valence electrons. The second-order valence-electron chi connectivity index (χ2n) is 3.99. The predicted octanol–water partition coefficient (Wildman–Crippen LogP) is 2.70. The summed E-state index contributed by atoms with van der Waals surface area (Å²) in [6.45, 7) is 5.62. The number of halogens is 1. The van der Waals surface area contributed by atoms with Crippen molar-refractivity contribution in [1.82, 2.24) is 0 Å². The Morgan fingerprint density at radius 2 is 1.71 bits per heavy atom. The van der Waals surface area contributed by atoms with E-state index in [-0.39, 0.29) is 10.6 Å². The van der Waals surface area contributed by atoms with Gasteiger partial charge in [-0.15, -0.1) is 0 Å². The van der Waals surface area contributed by atoms with Crippen LogP contribution in [0.2, 0.25) is 0 Å². The van der Waals surface area contributed by atoms with Crippen LogP contribution in [0.25, 0.3) is 0 Å². The summed E-state index contributed by atoms with van der Waals surface area (Å²) in [6.07, 6.45) is 0. The molecule has 1 rings (SSSR count). The fourth-order valence-electron chi connectivity index (χ4n) is 0.778. The maximum atomic E-state index is 12.6. The molecular formula is C10H14FNOS. The Morgan fingerprint density at radius 3 is 2.14 bits per heavy atom. The van der Waals surface area contributed by atoms with Gasteiger partial charge >= 0.3 is 0 Å². The van der Waals surface area contributed by atoms with Gasteiger partial charge in [-0.2, -0.15) is 0 Å². The molecule has 1 N–H and O–H groups in total. The molecule has 0 fully saturated rings. The second kappa shape index (κ2) is 4.09. The van der Waals surface area contributed by atoms with Crippen molar-refractivity contribution < 1.29 is 8.60 Å². The van der Waals surface area contributed by atoms with Gasteiger partial charge in [0, 0.05) is 5.69 Å². The first-order valence-corrected chi connectivity index (χ1v) is 5.49. The van der Waals surface area contributed by atoms with E-state index in [4.69, 9.17) is 0 Å². The zero-order valence-electron chi connectivity index (χ0n) is 8.50. The molecule has 1 aromatic rings. The van der Waals surface area contributed by atoms with E-state index in [1.54, 1.807) is 12.1 Å². The highest BCUT2D eigenvalue weighted by Gasteiger charge is 2.19. The van der Waals surface area contributed by atoms with E-state index < -0.39 is 11.0 Å². The van der Waals surface area contributed by atoms with Crippen molar-refractivity contribution in [2.75, 3.05) is 4.72 Å². The van der Waals surface area contributed by atoms with Gasteiger partial charge in [0.15, 0.2) is 0 Å².